The second kappa shape index (κ2) is 3.28. The van der Waals surface area contributed by atoms with E-state index in [-0.39, 0.29) is 0 Å². The van der Waals surface area contributed by atoms with Crippen LogP contribution in [0.2, 0.25) is 0 Å². The standard InChI is InChI=1S/C10H9N3/c11-5-1-2-8-3-4-9-10(6-8)13-7-12-9/h3-4,6-7H,1-2H2,(H,12,13). The Kier molecular flexibility index (Phi) is 1.97. The van der Waals surface area contributed by atoms with E-state index in [1.165, 1.54) is 5.56 Å². The third-order valence-electron chi connectivity index (χ3n) is 2.01. The first-order valence-electron chi connectivity index (χ1n) is 4.19. The van der Waals surface area contributed by atoms with E-state index in [0.29, 0.717) is 6.42 Å². The molecule has 0 radical (unpaired) electrons. The van der Waals surface area contributed by atoms with Crippen molar-refractivity contribution >= 4 is 11.0 Å². The van der Waals surface area contributed by atoms with Gasteiger partial charge in [-0.15, -0.1) is 0 Å². The van der Waals surface area contributed by atoms with Gasteiger partial charge in [-0.2, -0.15) is 5.26 Å². The van der Waals surface area contributed by atoms with E-state index >= 15 is 0 Å². The minimum Gasteiger partial charge on any atom is -0.345 e. The lowest BCUT2D eigenvalue weighted by atomic mass is 10.1. The third-order valence-corrected chi connectivity index (χ3v) is 2.01. The smallest absolute Gasteiger partial charge is 0.0931 e. The van der Waals surface area contributed by atoms with Gasteiger partial charge in [-0.3, -0.25) is 0 Å². The molecule has 1 heterocycles. The van der Waals surface area contributed by atoms with Crippen LogP contribution in [0.15, 0.2) is 24.5 Å². The molecule has 0 spiro atoms. The van der Waals surface area contributed by atoms with Gasteiger partial charge in [0.1, 0.15) is 0 Å². The van der Waals surface area contributed by atoms with Crippen LogP contribution in [0.3, 0.4) is 0 Å². The Morgan fingerprint density at radius 3 is 3.23 bits per heavy atom. The first-order valence-corrected chi connectivity index (χ1v) is 4.19. The Balaban J connectivity index is 2.33. The number of hydrogen-bond donors (Lipinski definition) is 1. The molecule has 0 saturated carbocycles. The fourth-order valence-corrected chi connectivity index (χ4v) is 1.34. The number of aromatic nitrogens is 2. The summed E-state index contributed by atoms with van der Waals surface area (Å²) in [6, 6.07) is 8.16. The van der Waals surface area contributed by atoms with Crippen molar-refractivity contribution < 1.29 is 0 Å². The van der Waals surface area contributed by atoms with Crippen LogP contribution in [-0.2, 0) is 6.42 Å². The van der Waals surface area contributed by atoms with Crippen LogP contribution < -0.4 is 0 Å². The Bertz CT molecular complexity index is 450. The number of aryl methyl sites for hydroxylation is 1. The number of nitrogens with zero attached hydrogens (tertiary/aromatic N) is 2. The van der Waals surface area contributed by atoms with Gasteiger partial charge in [0.15, 0.2) is 0 Å². The highest BCUT2D eigenvalue weighted by Gasteiger charge is 1.97. The average molecular weight is 171 g/mol. The lowest BCUT2D eigenvalue weighted by Gasteiger charge is -1.95. The van der Waals surface area contributed by atoms with E-state index in [1.54, 1.807) is 6.33 Å². The molecule has 0 saturated heterocycles. The van der Waals surface area contributed by atoms with Crippen molar-refractivity contribution in [2.75, 3.05) is 0 Å². The number of nitriles is 1. The molecule has 0 aliphatic carbocycles. The molecule has 0 atom stereocenters. The van der Waals surface area contributed by atoms with Gasteiger partial charge in [0.2, 0.25) is 0 Å². The number of nitrogens with one attached hydrogen (secondary N) is 1. The van der Waals surface area contributed by atoms with Crippen molar-refractivity contribution in [2.45, 2.75) is 12.8 Å². The largest absolute Gasteiger partial charge is 0.345 e. The number of rotatable bonds is 2. The summed E-state index contributed by atoms with van der Waals surface area (Å²) in [5.74, 6) is 0. The molecule has 0 aliphatic heterocycles. The summed E-state index contributed by atoms with van der Waals surface area (Å²) in [6.07, 6.45) is 3.06. The van der Waals surface area contributed by atoms with Crippen molar-refractivity contribution in [3.05, 3.63) is 30.1 Å². The summed E-state index contributed by atoms with van der Waals surface area (Å²) in [5, 5.41) is 8.43. The molecule has 13 heavy (non-hydrogen) atoms. The van der Waals surface area contributed by atoms with Crippen molar-refractivity contribution in [1.82, 2.24) is 9.97 Å². The number of H-pyrrole nitrogens is 1. The van der Waals surface area contributed by atoms with Crippen LogP contribution >= 0.6 is 0 Å². The minimum absolute atomic E-state index is 0.569. The second-order valence-corrected chi connectivity index (χ2v) is 2.91. The number of hydrogen-bond acceptors (Lipinski definition) is 2. The number of benzene rings is 1. The van der Waals surface area contributed by atoms with E-state index in [1.807, 2.05) is 18.2 Å². The summed E-state index contributed by atoms with van der Waals surface area (Å²) < 4.78 is 0. The molecular weight excluding hydrogens is 162 g/mol. The maximum Gasteiger partial charge on any atom is 0.0931 e. The fourth-order valence-electron chi connectivity index (χ4n) is 1.34. The quantitative estimate of drug-likeness (QED) is 0.751. The van der Waals surface area contributed by atoms with Crippen LogP contribution in [0.25, 0.3) is 11.0 Å². The summed E-state index contributed by atoms with van der Waals surface area (Å²) in [5.41, 5.74) is 3.19. The van der Waals surface area contributed by atoms with Crippen molar-refractivity contribution in [3.8, 4) is 6.07 Å². The topological polar surface area (TPSA) is 52.5 Å². The molecule has 3 nitrogen and oxygen atoms in total. The van der Waals surface area contributed by atoms with Gasteiger partial charge in [-0.05, 0) is 24.1 Å². The molecule has 0 unspecified atom stereocenters. The highest BCUT2D eigenvalue weighted by molar-refractivity contribution is 5.74. The molecule has 1 N–H and O–H groups in total. The Morgan fingerprint density at radius 1 is 1.46 bits per heavy atom. The van der Waals surface area contributed by atoms with E-state index in [0.717, 1.165) is 17.5 Å². The SMILES string of the molecule is N#CCCc1ccc2nc[nH]c2c1. The Morgan fingerprint density at radius 2 is 2.38 bits per heavy atom. The molecular formula is C10H9N3. The highest BCUT2D eigenvalue weighted by atomic mass is 14.9. The minimum atomic E-state index is 0.569. The molecule has 1 aromatic carbocycles. The van der Waals surface area contributed by atoms with Crippen molar-refractivity contribution in [3.63, 3.8) is 0 Å². The van der Waals surface area contributed by atoms with Crippen LogP contribution in [0.5, 0.6) is 0 Å². The van der Waals surface area contributed by atoms with Crippen LogP contribution in [0, 0.1) is 11.3 Å². The average Bonchev–Trinajstić information content (AvgIpc) is 2.61. The Hall–Kier alpha value is -1.82. The summed E-state index contributed by atoms with van der Waals surface area (Å²) in [6.45, 7) is 0. The second-order valence-electron chi connectivity index (χ2n) is 2.91. The van der Waals surface area contributed by atoms with Crippen molar-refractivity contribution in [1.29, 1.82) is 5.26 Å². The molecule has 1 aromatic heterocycles. The van der Waals surface area contributed by atoms with Crippen LogP contribution in [0.1, 0.15) is 12.0 Å². The van der Waals surface area contributed by atoms with Crippen molar-refractivity contribution in [2.24, 2.45) is 0 Å². The third kappa shape index (κ3) is 1.52. The lowest BCUT2D eigenvalue weighted by Crippen LogP contribution is -1.83. The predicted octanol–water partition coefficient (Wildman–Crippen LogP) is 2.02. The Labute approximate surface area is 76.0 Å². The van der Waals surface area contributed by atoms with E-state index in [9.17, 15) is 0 Å². The fraction of sp³-hybridized carbons (Fsp3) is 0.200. The molecule has 0 amide bonds. The maximum absolute atomic E-state index is 8.43. The molecule has 2 aromatic rings. The van der Waals surface area contributed by atoms with Gasteiger partial charge in [0, 0.05) is 6.42 Å². The zero-order valence-corrected chi connectivity index (χ0v) is 7.12. The normalized spacial score (nSPS) is 10.1. The molecule has 3 heteroatoms. The summed E-state index contributed by atoms with van der Waals surface area (Å²) in [7, 11) is 0. The number of aromatic amines is 1. The molecule has 0 aliphatic rings. The van der Waals surface area contributed by atoms with Gasteiger partial charge in [-0.25, -0.2) is 4.98 Å². The van der Waals surface area contributed by atoms with E-state index < -0.39 is 0 Å². The number of imidazole rings is 1. The summed E-state index contributed by atoms with van der Waals surface area (Å²) in [4.78, 5) is 7.16. The number of fused-ring (bicyclic) bond motifs is 1. The first kappa shape index (κ1) is 7.81. The summed E-state index contributed by atoms with van der Waals surface area (Å²) >= 11 is 0. The highest BCUT2D eigenvalue weighted by Crippen LogP contribution is 2.12. The zero-order valence-electron chi connectivity index (χ0n) is 7.12. The lowest BCUT2D eigenvalue weighted by molar-refractivity contribution is 1.01. The maximum atomic E-state index is 8.43. The van der Waals surface area contributed by atoms with E-state index in [4.69, 9.17) is 5.26 Å². The van der Waals surface area contributed by atoms with Gasteiger partial charge < -0.3 is 4.98 Å². The van der Waals surface area contributed by atoms with Gasteiger partial charge in [0.25, 0.3) is 0 Å². The predicted molar refractivity (Wildman–Crippen MR) is 50.0 cm³/mol. The molecule has 0 fully saturated rings. The zero-order chi connectivity index (χ0) is 9.10. The molecule has 0 bridgehead atoms. The van der Waals surface area contributed by atoms with E-state index in [2.05, 4.69) is 16.0 Å². The van der Waals surface area contributed by atoms with Crippen LogP contribution in [0.4, 0.5) is 0 Å². The van der Waals surface area contributed by atoms with Crippen LogP contribution in [-0.4, -0.2) is 9.97 Å². The van der Waals surface area contributed by atoms with Gasteiger partial charge in [0.05, 0.1) is 23.4 Å². The molecule has 2 rings (SSSR count). The van der Waals surface area contributed by atoms with Gasteiger partial charge in [-0.1, -0.05) is 6.07 Å². The van der Waals surface area contributed by atoms with Gasteiger partial charge >= 0.3 is 0 Å². The molecule has 64 valence electrons. The monoisotopic (exact) mass is 171 g/mol. The first-order chi connectivity index (χ1) is 6.40.